The van der Waals surface area contributed by atoms with Crippen LogP contribution in [-0.4, -0.2) is 33.1 Å². The highest BCUT2D eigenvalue weighted by Gasteiger charge is 2.29. The number of hydrogen-bond acceptors (Lipinski definition) is 5. The molecule has 0 saturated heterocycles. The highest BCUT2D eigenvalue weighted by atomic mass is 35.5. The molecule has 1 aliphatic carbocycles. The van der Waals surface area contributed by atoms with Gasteiger partial charge in [0.2, 0.25) is 5.16 Å². The van der Waals surface area contributed by atoms with E-state index in [1.165, 1.54) is 17.5 Å². The summed E-state index contributed by atoms with van der Waals surface area (Å²) in [5.74, 6) is 1.99. The number of hydrogen-bond donors (Lipinski definition) is 0. The van der Waals surface area contributed by atoms with Crippen molar-refractivity contribution >= 4 is 29.3 Å². The van der Waals surface area contributed by atoms with Crippen LogP contribution in [0.25, 0.3) is 0 Å². The number of amides is 1. The van der Waals surface area contributed by atoms with Crippen molar-refractivity contribution in [1.29, 1.82) is 0 Å². The number of carbonyl (C=O) groups is 1. The fraction of sp³-hybridized carbons (Fsp3) is 0.286. The summed E-state index contributed by atoms with van der Waals surface area (Å²) in [5, 5.41) is 11.3. The van der Waals surface area contributed by atoms with Crippen LogP contribution in [0, 0.1) is 0 Å². The number of rotatable bonds is 4. The van der Waals surface area contributed by atoms with Gasteiger partial charge >= 0.3 is 0 Å². The van der Waals surface area contributed by atoms with Crippen molar-refractivity contribution in [2.45, 2.75) is 31.0 Å². The second kappa shape index (κ2) is 7.72. The summed E-state index contributed by atoms with van der Waals surface area (Å²) < 4.78 is 7.76. The van der Waals surface area contributed by atoms with Crippen LogP contribution in [-0.2, 0) is 19.4 Å². The number of aryl methyl sites for hydroxylation is 2. The van der Waals surface area contributed by atoms with Crippen LogP contribution >= 0.6 is 23.4 Å². The van der Waals surface area contributed by atoms with E-state index < -0.39 is 0 Å². The van der Waals surface area contributed by atoms with Gasteiger partial charge in [0.25, 0.3) is 5.91 Å². The summed E-state index contributed by atoms with van der Waals surface area (Å²) in [6.07, 6.45) is 3.44. The van der Waals surface area contributed by atoms with E-state index in [-0.39, 0.29) is 12.5 Å². The molecule has 0 bridgehead atoms. The monoisotopic (exact) mass is 426 g/mol. The highest BCUT2D eigenvalue weighted by molar-refractivity contribution is 7.99. The van der Waals surface area contributed by atoms with E-state index in [2.05, 4.69) is 22.3 Å². The molecule has 2 aliphatic rings. The zero-order valence-corrected chi connectivity index (χ0v) is 17.2. The molecule has 0 atom stereocenters. The number of halogens is 1. The van der Waals surface area contributed by atoms with E-state index in [4.69, 9.17) is 16.3 Å². The molecule has 148 valence electrons. The fourth-order valence-electron chi connectivity index (χ4n) is 3.79. The van der Waals surface area contributed by atoms with Gasteiger partial charge in [-0.25, -0.2) is 9.69 Å². The number of thioether (sulfide) groups is 1. The minimum Gasteiger partial charge on any atom is -0.486 e. The molecule has 0 unspecified atom stereocenters. The lowest BCUT2D eigenvalue weighted by Crippen LogP contribution is -2.45. The lowest BCUT2D eigenvalue weighted by atomic mass is 10.1. The van der Waals surface area contributed by atoms with Gasteiger partial charge in [-0.05, 0) is 54.7 Å². The molecule has 0 radical (unpaired) electrons. The topological polar surface area (TPSA) is 60.3 Å². The van der Waals surface area contributed by atoms with Gasteiger partial charge in [-0.1, -0.05) is 41.6 Å². The Hall–Kier alpha value is -2.51. The Morgan fingerprint density at radius 1 is 1.14 bits per heavy atom. The fourth-order valence-corrected chi connectivity index (χ4v) is 4.88. The Morgan fingerprint density at radius 3 is 2.90 bits per heavy atom. The van der Waals surface area contributed by atoms with E-state index in [0.717, 1.165) is 24.3 Å². The van der Waals surface area contributed by atoms with E-state index in [0.29, 0.717) is 28.1 Å². The summed E-state index contributed by atoms with van der Waals surface area (Å²) in [4.78, 5) is 13.2. The maximum Gasteiger partial charge on any atom is 0.274 e. The van der Waals surface area contributed by atoms with Crippen molar-refractivity contribution in [3.63, 3.8) is 0 Å². The Morgan fingerprint density at radius 2 is 2.00 bits per heavy atom. The van der Waals surface area contributed by atoms with Crippen molar-refractivity contribution in [3.8, 4) is 5.75 Å². The molecular weight excluding hydrogens is 408 g/mol. The van der Waals surface area contributed by atoms with Crippen LogP contribution in [0.5, 0.6) is 5.75 Å². The lowest BCUT2D eigenvalue weighted by molar-refractivity contribution is 0.0953. The Labute approximate surface area is 177 Å². The molecule has 0 spiro atoms. The van der Waals surface area contributed by atoms with Crippen LogP contribution in [0.2, 0.25) is 5.02 Å². The van der Waals surface area contributed by atoms with Gasteiger partial charge in [0, 0.05) is 5.75 Å². The normalized spacial score (nSPS) is 15.1. The van der Waals surface area contributed by atoms with Crippen molar-refractivity contribution in [3.05, 3.63) is 70.0 Å². The number of nitrogens with zero attached hydrogens (tertiary/aromatic N) is 4. The Balaban J connectivity index is 1.40. The van der Waals surface area contributed by atoms with Gasteiger partial charge in [-0.3, -0.25) is 4.79 Å². The molecule has 8 heteroatoms. The minimum absolute atomic E-state index is 0.171. The van der Waals surface area contributed by atoms with E-state index in [9.17, 15) is 4.79 Å². The molecule has 2 aromatic carbocycles. The SMILES string of the molecule is O=C(c1ccccc1Cl)N1CCSc2nnc(COc3ccc4c(c3)CCC4)n21. The molecule has 1 amide bonds. The maximum absolute atomic E-state index is 13.2. The first-order valence-electron chi connectivity index (χ1n) is 9.59. The van der Waals surface area contributed by atoms with Gasteiger partial charge in [-0.2, -0.15) is 0 Å². The third kappa shape index (κ3) is 3.49. The van der Waals surface area contributed by atoms with Gasteiger partial charge in [0.1, 0.15) is 12.4 Å². The first kappa shape index (κ1) is 18.5. The van der Waals surface area contributed by atoms with Gasteiger partial charge in [0.05, 0.1) is 17.1 Å². The van der Waals surface area contributed by atoms with Crippen molar-refractivity contribution in [2.24, 2.45) is 0 Å². The largest absolute Gasteiger partial charge is 0.486 e. The zero-order chi connectivity index (χ0) is 19.8. The summed E-state index contributed by atoms with van der Waals surface area (Å²) in [5.41, 5.74) is 3.23. The molecule has 29 heavy (non-hydrogen) atoms. The van der Waals surface area contributed by atoms with Crippen LogP contribution in [0.15, 0.2) is 47.6 Å². The average Bonchev–Trinajstić information content (AvgIpc) is 3.38. The van der Waals surface area contributed by atoms with E-state index in [1.54, 1.807) is 33.6 Å². The van der Waals surface area contributed by atoms with Gasteiger partial charge < -0.3 is 4.74 Å². The molecule has 1 aromatic heterocycles. The second-order valence-corrected chi connectivity index (χ2v) is 8.51. The predicted molar refractivity (Wildman–Crippen MR) is 112 cm³/mol. The molecule has 0 N–H and O–H groups in total. The molecule has 3 aromatic rings. The summed E-state index contributed by atoms with van der Waals surface area (Å²) in [6.45, 7) is 0.782. The van der Waals surface area contributed by atoms with E-state index in [1.807, 2.05) is 18.2 Å². The van der Waals surface area contributed by atoms with Crippen LogP contribution in [0.3, 0.4) is 0 Å². The lowest BCUT2D eigenvalue weighted by Gasteiger charge is -2.29. The third-order valence-corrected chi connectivity index (χ3v) is 6.46. The minimum atomic E-state index is -0.171. The Bertz CT molecular complexity index is 1080. The second-order valence-electron chi connectivity index (χ2n) is 7.04. The molecular formula is C21H19ClN4O2S. The molecule has 2 heterocycles. The van der Waals surface area contributed by atoms with Crippen molar-refractivity contribution < 1.29 is 9.53 Å². The molecule has 1 aliphatic heterocycles. The highest BCUT2D eigenvalue weighted by Crippen LogP contribution is 2.28. The summed E-state index contributed by atoms with van der Waals surface area (Å²) >= 11 is 7.82. The van der Waals surface area contributed by atoms with Crippen LogP contribution < -0.4 is 9.75 Å². The molecule has 0 fully saturated rings. The summed E-state index contributed by atoms with van der Waals surface area (Å²) in [6, 6.07) is 13.3. The average molecular weight is 427 g/mol. The van der Waals surface area contributed by atoms with Crippen molar-refractivity contribution in [1.82, 2.24) is 14.9 Å². The number of aromatic nitrogens is 3. The zero-order valence-electron chi connectivity index (χ0n) is 15.7. The maximum atomic E-state index is 13.2. The number of benzene rings is 2. The van der Waals surface area contributed by atoms with Gasteiger partial charge in [-0.15, -0.1) is 10.2 Å². The van der Waals surface area contributed by atoms with Crippen LogP contribution in [0.1, 0.15) is 33.7 Å². The summed E-state index contributed by atoms with van der Waals surface area (Å²) in [7, 11) is 0. The molecule has 5 rings (SSSR count). The quantitative estimate of drug-likeness (QED) is 0.633. The smallest absolute Gasteiger partial charge is 0.274 e. The van der Waals surface area contributed by atoms with E-state index >= 15 is 0 Å². The van der Waals surface area contributed by atoms with Gasteiger partial charge in [0.15, 0.2) is 5.82 Å². The number of fused-ring (bicyclic) bond motifs is 2. The standard InChI is InChI=1S/C21H19ClN4O2S/c22-18-7-2-1-6-17(18)20(27)25-10-11-29-21-24-23-19(26(21)25)13-28-16-9-8-14-4-3-5-15(14)12-16/h1-2,6-9,12H,3-5,10-11,13H2. The predicted octanol–water partition coefficient (Wildman–Crippen LogP) is 3.88. The third-order valence-electron chi connectivity index (χ3n) is 5.23. The Kier molecular flexibility index (Phi) is 4.93. The molecule has 0 saturated carbocycles. The first-order valence-corrected chi connectivity index (χ1v) is 11.0. The first-order chi connectivity index (χ1) is 14.2. The molecule has 6 nitrogen and oxygen atoms in total. The number of ether oxygens (including phenoxy) is 1. The number of carbonyl (C=O) groups excluding carboxylic acids is 1. The van der Waals surface area contributed by atoms with Crippen molar-refractivity contribution in [2.75, 3.05) is 17.3 Å². The van der Waals surface area contributed by atoms with Crippen LogP contribution in [0.4, 0.5) is 0 Å².